The summed E-state index contributed by atoms with van der Waals surface area (Å²) in [6, 6.07) is 7.61. The summed E-state index contributed by atoms with van der Waals surface area (Å²) >= 11 is 2.65. The topological polar surface area (TPSA) is 106 Å². The molecule has 5 rings (SSSR count). The Hall–Kier alpha value is -3.11. The van der Waals surface area contributed by atoms with E-state index < -0.39 is 5.97 Å². The molecule has 0 unspecified atom stereocenters. The van der Waals surface area contributed by atoms with Crippen LogP contribution in [0.3, 0.4) is 0 Å². The SMILES string of the molecule is CCOC(=O)c1c(NC(=O)CSc2nc3c([nH]c4ccccc43)c(=O)n2C)sc2c1CCCC2. The lowest BCUT2D eigenvalue weighted by molar-refractivity contribution is -0.113. The first-order valence-corrected chi connectivity index (χ1v) is 13.0. The van der Waals surface area contributed by atoms with Crippen molar-refractivity contribution in [1.82, 2.24) is 14.5 Å². The van der Waals surface area contributed by atoms with Gasteiger partial charge < -0.3 is 15.0 Å². The van der Waals surface area contributed by atoms with E-state index in [4.69, 9.17) is 4.74 Å². The lowest BCUT2D eigenvalue weighted by Crippen LogP contribution is -2.21. The number of carbonyl (C=O) groups is 2. The quantitative estimate of drug-likeness (QED) is 0.235. The second-order valence-corrected chi connectivity index (χ2v) is 10.2. The normalized spacial score (nSPS) is 13.2. The molecule has 1 amide bonds. The highest BCUT2D eigenvalue weighted by molar-refractivity contribution is 7.99. The summed E-state index contributed by atoms with van der Waals surface area (Å²) in [6.45, 7) is 2.05. The highest BCUT2D eigenvalue weighted by Gasteiger charge is 2.27. The number of esters is 1. The number of thiophene rings is 1. The van der Waals surface area contributed by atoms with Crippen molar-refractivity contribution in [3.05, 3.63) is 50.6 Å². The summed E-state index contributed by atoms with van der Waals surface area (Å²) in [5, 5.41) is 4.77. The van der Waals surface area contributed by atoms with Crippen molar-refractivity contribution < 1.29 is 14.3 Å². The second-order valence-electron chi connectivity index (χ2n) is 8.13. The van der Waals surface area contributed by atoms with Gasteiger partial charge in [-0.3, -0.25) is 14.2 Å². The van der Waals surface area contributed by atoms with Crippen molar-refractivity contribution >= 4 is 61.9 Å². The summed E-state index contributed by atoms with van der Waals surface area (Å²) in [5.74, 6) is -0.597. The molecule has 176 valence electrons. The fraction of sp³-hybridized carbons (Fsp3) is 0.333. The first kappa shape index (κ1) is 22.7. The van der Waals surface area contributed by atoms with Crippen LogP contribution in [-0.4, -0.2) is 38.8 Å². The van der Waals surface area contributed by atoms with Crippen molar-refractivity contribution in [2.75, 3.05) is 17.7 Å². The largest absolute Gasteiger partial charge is 0.462 e. The van der Waals surface area contributed by atoms with Crippen LogP contribution in [-0.2, 0) is 29.4 Å². The third kappa shape index (κ3) is 4.01. The number of ether oxygens (including phenoxy) is 1. The predicted molar refractivity (Wildman–Crippen MR) is 135 cm³/mol. The number of hydrogen-bond donors (Lipinski definition) is 2. The number of fused-ring (bicyclic) bond motifs is 4. The van der Waals surface area contributed by atoms with E-state index in [-0.39, 0.29) is 23.8 Å². The van der Waals surface area contributed by atoms with Crippen molar-refractivity contribution in [1.29, 1.82) is 0 Å². The Bertz CT molecular complexity index is 1480. The van der Waals surface area contributed by atoms with Crippen LogP contribution >= 0.6 is 23.1 Å². The lowest BCUT2D eigenvalue weighted by Gasteiger charge is -2.12. The van der Waals surface area contributed by atoms with Crippen LogP contribution in [0.1, 0.15) is 40.6 Å². The molecule has 0 bridgehead atoms. The zero-order valence-corrected chi connectivity index (χ0v) is 20.5. The number of aromatic amines is 1. The minimum Gasteiger partial charge on any atom is -0.462 e. The average Bonchev–Trinajstić information content (AvgIpc) is 3.38. The van der Waals surface area contributed by atoms with Crippen LogP contribution in [0.15, 0.2) is 34.2 Å². The van der Waals surface area contributed by atoms with Gasteiger partial charge in [0.2, 0.25) is 5.91 Å². The number of nitrogens with zero attached hydrogens (tertiary/aromatic N) is 2. The summed E-state index contributed by atoms with van der Waals surface area (Å²) < 4.78 is 6.71. The van der Waals surface area contributed by atoms with Crippen LogP contribution in [0.5, 0.6) is 0 Å². The third-order valence-corrected chi connectivity index (χ3v) is 8.16. The molecule has 0 atom stereocenters. The van der Waals surface area contributed by atoms with Crippen LogP contribution in [0.2, 0.25) is 0 Å². The average molecular weight is 497 g/mol. The smallest absolute Gasteiger partial charge is 0.341 e. The Morgan fingerprint density at radius 1 is 1.26 bits per heavy atom. The van der Waals surface area contributed by atoms with Gasteiger partial charge in [-0.05, 0) is 44.2 Å². The van der Waals surface area contributed by atoms with Gasteiger partial charge in [-0.25, -0.2) is 9.78 Å². The highest BCUT2D eigenvalue weighted by atomic mass is 32.2. The molecular formula is C24H24N4O4S2. The Balaban J connectivity index is 1.39. The molecule has 8 nitrogen and oxygen atoms in total. The van der Waals surface area contributed by atoms with Crippen LogP contribution < -0.4 is 10.9 Å². The van der Waals surface area contributed by atoms with Crippen LogP contribution in [0.4, 0.5) is 5.00 Å². The van der Waals surface area contributed by atoms with Gasteiger partial charge in [-0.1, -0.05) is 30.0 Å². The molecule has 0 spiro atoms. The molecule has 3 heterocycles. The number of benzene rings is 1. The lowest BCUT2D eigenvalue weighted by atomic mass is 9.95. The van der Waals surface area contributed by atoms with E-state index >= 15 is 0 Å². The number of para-hydroxylation sites is 1. The third-order valence-electron chi connectivity index (χ3n) is 5.93. The zero-order valence-electron chi connectivity index (χ0n) is 18.9. The molecule has 10 heteroatoms. The molecule has 1 aromatic carbocycles. The van der Waals surface area contributed by atoms with E-state index in [1.165, 1.54) is 27.7 Å². The van der Waals surface area contributed by atoms with E-state index in [0.29, 0.717) is 26.8 Å². The first-order valence-electron chi connectivity index (χ1n) is 11.2. The van der Waals surface area contributed by atoms with Gasteiger partial charge in [0, 0.05) is 22.8 Å². The standard InChI is InChI=1S/C24H24N4O4S2/c1-3-32-23(31)18-14-9-5-7-11-16(14)34-21(18)26-17(29)12-33-24-27-19-13-8-4-6-10-15(13)25-20(19)22(30)28(24)2/h4,6,8,10,25H,3,5,7,9,11-12H2,1-2H3,(H,26,29). The molecule has 0 saturated carbocycles. The van der Waals surface area contributed by atoms with Crippen LogP contribution in [0, 0.1) is 0 Å². The summed E-state index contributed by atoms with van der Waals surface area (Å²) in [7, 11) is 1.65. The molecule has 1 aliphatic rings. The Morgan fingerprint density at radius 2 is 2.06 bits per heavy atom. The van der Waals surface area contributed by atoms with E-state index in [1.54, 1.807) is 14.0 Å². The molecule has 4 aromatic rings. The fourth-order valence-electron chi connectivity index (χ4n) is 4.32. The van der Waals surface area contributed by atoms with Gasteiger partial charge in [0.25, 0.3) is 5.56 Å². The zero-order chi connectivity index (χ0) is 23.8. The number of thioether (sulfide) groups is 1. The van der Waals surface area contributed by atoms with Gasteiger partial charge in [-0.2, -0.15) is 0 Å². The molecule has 34 heavy (non-hydrogen) atoms. The Morgan fingerprint density at radius 3 is 2.88 bits per heavy atom. The predicted octanol–water partition coefficient (Wildman–Crippen LogP) is 4.26. The molecule has 1 aliphatic carbocycles. The van der Waals surface area contributed by atoms with E-state index in [1.807, 2.05) is 24.3 Å². The minimum absolute atomic E-state index is 0.0545. The first-order chi connectivity index (χ1) is 16.5. The molecule has 0 fully saturated rings. The van der Waals surface area contributed by atoms with Crippen LogP contribution in [0.25, 0.3) is 21.9 Å². The van der Waals surface area contributed by atoms with Crippen molar-refractivity contribution in [3.8, 4) is 0 Å². The van der Waals surface area contributed by atoms with E-state index in [0.717, 1.165) is 47.0 Å². The maximum atomic E-state index is 12.9. The van der Waals surface area contributed by atoms with E-state index in [9.17, 15) is 14.4 Å². The maximum Gasteiger partial charge on any atom is 0.341 e. The summed E-state index contributed by atoms with van der Waals surface area (Å²) in [5.41, 5.74) is 3.19. The Kier molecular flexibility index (Phi) is 6.18. The number of aromatic nitrogens is 3. The van der Waals surface area contributed by atoms with Gasteiger partial charge in [-0.15, -0.1) is 11.3 Å². The number of carbonyl (C=O) groups excluding carboxylic acids is 2. The minimum atomic E-state index is -0.390. The number of hydrogen-bond acceptors (Lipinski definition) is 7. The van der Waals surface area contributed by atoms with Gasteiger partial charge >= 0.3 is 5.97 Å². The monoisotopic (exact) mass is 496 g/mol. The molecule has 0 aliphatic heterocycles. The number of anilines is 1. The summed E-state index contributed by atoms with van der Waals surface area (Å²) in [6.07, 6.45) is 3.83. The van der Waals surface area contributed by atoms with Gasteiger partial charge in [0.15, 0.2) is 5.16 Å². The highest BCUT2D eigenvalue weighted by Crippen LogP contribution is 2.38. The van der Waals surface area contributed by atoms with Crippen molar-refractivity contribution in [2.45, 2.75) is 37.8 Å². The van der Waals surface area contributed by atoms with Crippen molar-refractivity contribution in [2.24, 2.45) is 7.05 Å². The molecule has 2 N–H and O–H groups in total. The van der Waals surface area contributed by atoms with Crippen molar-refractivity contribution in [3.63, 3.8) is 0 Å². The fourth-order valence-corrected chi connectivity index (χ4v) is 6.38. The number of rotatable bonds is 6. The van der Waals surface area contributed by atoms with Gasteiger partial charge in [0.1, 0.15) is 16.0 Å². The number of amides is 1. The number of nitrogens with one attached hydrogen (secondary N) is 2. The molecule has 3 aromatic heterocycles. The number of aryl methyl sites for hydroxylation is 1. The van der Waals surface area contributed by atoms with E-state index in [2.05, 4.69) is 15.3 Å². The molecular weight excluding hydrogens is 472 g/mol. The molecule has 0 saturated heterocycles. The number of H-pyrrole nitrogens is 1. The van der Waals surface area contributed by atoms with Gasteiger partial charge in [0.05, 0.1) is 17.9 Å². The Labute approximate surface area is 203 Å². The second kappa shape index (κ2) is 9.27. The molecule has 0 radical (unpaired) electrons. The maximum absolute atomic E-state index is 12.9. The summed E-state index contributed by atoms with van der Waals surface area (Å²) in [4.78, 5) is 47.3.